The van der Waals surface area contributed by atoms with Crippen molar-refractivity contribution in [1.29, 1.82) is 0 Å². The molecule has 1 fully saturated rings. The molecular formula is C24H25ClN4O2. The van der Waals surface area contributed by atoms with Crippen molar-refractivity contribution in [3.05, 3.63) is 82.5 Å². The van der Waals surface area contributed by atoms with Gasteiger partial charge in [0, 0.05) is 31.3 Å². The molecule has 7 heteroatoms. The Balaban J connectivity index is 1.37. The molecule has 1 N–H and O–H groups in total. The van der Waals surface area contributed by atoms with Crippen LogP contribution in [0.25, 0.3) is 0 Å². The molecule has 6 nitrogen and oxygen atoms in total. The monoisotopic (exact) mass is 436 g/mol. The van der Waals surface area contributed by atoms with Gasteiger partial charge in [-0.3, -0.25) is 14.5 Å². The number of Topliss-reactive ketones (excluding diaryl/α,β-unsaturated/α-hetero) is 1. The van der Waals surface area contributed by atoms with E-state index in [1.807, 2.05) is 28.9 Å². The van der Waals surface area contributed by atoms with Gasteiger partial charge in [0.1, 0.15) is 5.82 Å². The molecule has 0 atom stereocenters. The normalized spacial score (nSPS) is 15.0. The lowest BCUT2D eigenvalue weighted by Gasteiger charge is -2.32. The number of benzene rings is 2. The topological polar surface area (TPSA) is 67.2 Å². The van der Waals surface area contributed by atoms with E-state index in [2.05, 4.69) is 21.4 Å². The summed E-state index contributed by atoms with van der Waals surface area (Å²) < 4.78 is 1.91. The van der Waals surface area contributed by atoms with Gasteiger partial charge < -0.3 is 5.32 Å². The summed E-state index contributed by atoms with van der Waals surface area (Å²) in [7, 11) is 0. The number of carbonyl (C=O) groups excluding carboxylic acids is 2. The molecule has 160 valence electrons. The van der Waals surface area contributed by atoms with Crippen molar-refractivity contribution in [2.24, 2.45) is 0 Å². The summed E-state index contributed by atoms with van der Waals surface area (Å²) in [5.41, 5.74) is 2.35. The third-order valence-corrected chi connectivity index (χ3v) is 6.00. The number of nitrogens with one attached hydrogen (secondary N) is 1. The van der Waals surface area contributed by atoms with Crippen molar-refractivity contribution in [2.45, 2.75) is 32.4 Å². The highest BCUT2D eigenvalue weighted by Crippen LogP contribution is 2.27. The fourth-order valence-electron chi connectivity index (χ4n) is 4.00. The van der Waals surface area contributed by atoms with Crippen LogP contribution in [0.1, 0.15) is 52.1 Å². The summed E-state index contributed by atoms with van der Waals surface area (Å²) in [5, 5.41) is 7.83. The van der Waals surface area contributed by atoms with Gasteiger partial charge >= 0.3 is 0 Å². The third kappa shape index (κ3) is 5.03. The van der Waals surface area contributed by atoms with Gasteiger partial charge in [0.25, 0.3) is 5.91 Å². The molecule has 1 amide bonds. The number of aromatic nitrogens is 2. The fourth-order valence-corrected chi connectivity index (χ4v) is 4.22. The van der Waals surface area contributed by atoms with Gasteiger partial charge in [-0.05, 0) is 43.5 Å². The number of piperidine rings is 1. The summed E-state index contributed by atoms with van der Waals surface area (Å²) in [6.07, 6.45) is 3.58. The van der Waals surface area contributed by atoms with Crippen LogP contribution in [0.15, 0.2) is 60.8 Å². The molecular weight excluding hydrogens is 412 g/mol. The second-order valence-corrected chi connectivity index (χ2v) is 8.27. The number of nitrogens with zero attached hydrogens (tertiary/aromatic N) is 3. The first-order valence-electron chi connectivity index (χ1n) is 10.4. The number of halogens is 1. The van der Waals surface area contributed by atoms with E-state index < -0.39 is 0 Å². The molecule has 0 saturated carbocycles. The van der Waals surface area contributed by atoms with Crippen LogP contribution < -0.4 is 5.32 Å². The first kappa shape index (κ1) is 21.3. The molecule has 2 aromatic carbocycles. The van der Waals surface area contributed by atoms with Crippen molar-refractivity contribution >= 4 is 29.1 Å². The zero-order chi connectivity index (χ0) is 21.8. The zero-order valence-electron chi connectivity index (χ0n) is 17.4. The Bertz CT molecular complexity index is 1090. The lowest BCUT2D eigenvalue weighted by atomic mass is 10.0. The molecule has 4 rings (SSSR count). The number of likely N-dealkylation sites (tertiary alicyclic amines) is 1. The number of anilines is 1. The Hall–Kier alpha value is -2.96. The van der Waals surface area contributed by atoms with Crippen LogP contribution in [0.5, 0.6) is 0 Å². The molecule has 0 spiro atoms. The summed E-state index contributed by atoms with van der Waals surface area (Å²) >= 11 is 6.15. The van der Waals surface area contributed by atoms with Crippen LogP contribution in [-0.2, 0) is 6.54 Å². The maximum atomic E-state index is 12.6. The van der Waals surface area contributed by atoms with Crippen molar-refractivity contribution < 1.29 is 9.59 Å². The van der Waals surface area contributed by atoms with E-state index in [4.69, 9.17) is 11.6 Å². The third-order valence-electron chi connectivity index (χ3n) is 5.67. The summed E-state index contributed by atoms with van der Waals surface area (Å²) in [6.45, 7) is 4.26. The van der Waals surface area contributed by atoms with Gasteiger partial charge in [-0.1, -0.05) is 41.9 Å². The second kappa shape index (κ2) is 9.45. The molecule has 3 aromatic rings. The van der Waals surface area contributed by atoms with Crippen LogP contribution in [0, 0.1) is 0 Å². The largest absolute Gasteiger partial charge is 0.307 e. The Morgan fingerprint density at radius 3 is 2.61 bits per heavy atom. The van der Waals surface area contributed by atoms with Gasteiger partial charge in [-0.25, -0.2) is 4.68 Å². The standard InChI is InChI=1S/C24H25ClN4O2/c1-17(30)19-6-4-5-18(15-19)16-28-13-10-20(11-14-28)29-23(9-12-26-29)27-24(31)21-7-2-3-8-22(21)25/h2-9,12,15,20H,10-11,13-14,16H2,1H3,(H,27,31). The average molecular weight is 437 g/mol. The van der Waals surface area contributed by atoms with Crippen LogP contribution >= 0.6 is 11.6 Å². The molecule has 1 saturated heterocycles. The quantitative estimate of drug-likeness (QED) is 0.562. The van der Waals surface area contributed by atoms with E-state index in [-0.39, 0.29) is 17.7 Å². The smallest absolute Gasteiger partial charge is 0.258 e. The summed E-state index contributed by atoms with van der Waals surface area (Å²) in [4.78, 5) is 26.6. The predicted molar refractivity (Wildman–Crippen MR) is 122 cm³/mol. The predicted octanol–water partition coefficient (Wildman–Crippen LogP) is 4.83. The van der Waals surface area contributed by atoms with E-state index >= 15 is 0 Å². The minimum Gasteiger partial charge on any atom is -0.307 e. The van der Waals surface area contributed by atoms with E-state index in [0.717, 1.165) is 43.6 Å². The lowest BCUT2D eigenvalue weighted by molar-refractivity contribution is 0.101. The molecule has 31 heavy (non-hydrogen) atoms. The number of hydrogen-bond donors (Lipinski definition) is 1. The SMILES string of the molecule is CC(=O)c1cccc(CN2CCC(n3nccc3NC(=O)c3ccccc3Cl)CC2)c1. The van der Waals surface area contributed by atoms with E-state index in [1.165, 1.54) is 0 Å². The number of ketones is 1. The van der Waals surface area contributed by atoms with Crippen molar-refractivity contribution in [3.63, 3.8) is 0 Å². The molecule has 1 aliphatic heterocycles. The zero-order valence-corrected chi connectivity index (χ0v) is 18.2. The van der Waals surface area contributed by atoms with Crippen molar-refractivity contribution in [2.75, 3.05) is 18.4 Å². The van der Waals surface area contributed by atoms with E-state index in [1.54, 1.807) is 37.4 Å². The minimum absolute atomic E-state index is 0.0885. The van der Waals surface area contributed by atoms with Crippen LogP contribution in [0.2, 0.25) is 5.02 Å². The van der Waals surface area contributed by atoms with Crippen LogP contribution in [-0.4, -0.2) is 39.5 Å². The first-order valence-corrected chi connectivity index (χ1v) is 10.8. The Labute approximate surface area is 186 Å². The Morgan fingerprint density at radius 1 is 1.10 bits per heavy atom. The highest BCUT2D eigenvalue weighted by Gasteiger charge is 2.24. The van der Waals surface area contributed by atoms with Crippen LogP contribution in [0.3, 0.4) is 0 Å². The molecule has 0 unspecified atom stereocenters. The molecule has 0 bridgehead atoms. The average Bonchev–Trinajstić information content (AvgIpc) is 3.23. The minimum atomic E-state index is -0.241. The van der Waals surface area contributed by atoms with Gasteiger partial charge in [0.2, 0.25) is 0 Å². The van der Waals surface area contributed by atoms with Gasteiger partial charge in [-0.2, -0.15) is 5.10 Å². The number of rotatable bonds is 6. The Kier molecular flexibility index (Phi) is 6.49. The number of carbonyl (C=O) groups is 2. The van der Waals surface area contributed by atoms with Crippen LogP contribution in [0.4, 0.5) is 5.82 Å². The van der Waals surface area contributed by atoms with Gasteiger partial charge in [0.15, 0.2) is 5.78 Å². The number of amides is 1. The maximum absolute atomic E-state index is 12.6. The number of hydrogen-bond acceptors (Lipinski definition) is 4. The van der Waals surface area contributed by atoms with E-state index in [0.29, 0.717) is 16.4 Å². The van der Waals surface area contributed by atoms with Gasteiger partial charge in [0.05, 0.1) is 22.8 Å². The summed E-state index contributed by atoms with van der Waals surface area (Å²) in [6, 6.07) is 16.9. The highest BCUT2D eigenvalue weighted by molar-refractivity contribution is 6.34. The van der Waals surface area contributed by atoms with E-state index in [9.17, 15) is 9.59 Å². The molecule has 1 aromatic heterocycles. The first-order chi connectivity index (χ1) is 15.0. The molecule has 0 radical (unpaired) electrons. The second-order valence-electron chi connectivity index (χ2n) is 7.86. The maximum Gasteiger partial charge on any atom is 0.258 e. The van der Waals surface area contributed by atoms with Gasteiger partial charge in [-0.15, -0.1) is 0 Å². The van der Waals surface area contributed by atoms with Crippen molar-refractivity contribution in [1.82, 2.24) is 14.7 Å². The lowest BCUT2D eigenvalue weighted by Crippen LogP contribution is -2.35. The fraction of sp³-hybridized carbons (Fsp3) is 0.292. The molecule has 0 aliphatic carbocycles. The molecule has 1 aliphatic rings. The Morgan fingerprint density at radius 2 is 1.87 bits per heavy atom. The highest BCUT2D eigenvalue weighted by atomic mass is 35.5. The molecule has 2 heterocycles. The summed E-state index contributed by atoms with van der Waals surface area (Å²) in [5.74, 6) is 0.526. The van der Waals surface area contributed by atoms with Crippen molar-refractivity contribution in [3.8, 4) is 0 Å².